The maximum atomic E-state index is 12.6. The number of aliphatic hydroxyl groups excluding tert-OH is 1. The zero-order valence-electron chi connectivity index (χ0n) is 9.96. The highest BCUT2D eigenvalue weighted by atomic mass is 19.4. The molecule has 0 aliphatic carbocycles. The lowest BCUT2D eigenvalue weighted by atomic mass is 10.1. The van der Waals surface area contributed by atoms with Crippen LogP contribution in [-0.4, -0.2) is 22.7 Å². The minimum Gasteiger partial charge on any atom is -0.396 e. The third kappa shape index (κ3) is 4.06. The summed E-state index contributed by atoms with van der Waals surface area (Å²) in [7, 11) is 0. The van der Waals surface area contributed by atoms with Crippen LogP contribution < -0.4 is 11.1 Å². The Morgan fingerprint density at radius 3 is 2.61 bits per heavy atom. The summed E-state index contributed by atoms with van der Waals surface area (Å²) >= 11 is 0. The number of aromatic nitrogens is 1. The third-order valence-corrected chi connectivity index (χ3v) is 2.49. The van der Waals surface area contributed by atoms with E-state index in [9.17, 15) is 13.2 Å². The molecule has 102 valence electrons. The zero-order chi connectivity index (χ0) is 13.8. The molecule has 4 N–H and O–H groups in total. The molecule has 7 heteroatoms. The maximum absolute atomic E-state index is 12.6. The summed E-state index contributed by atoms with van der Waals surface area (Å²) < 4.78 is 37.7. The van der Waals surface area contributed by atoms with E-state index < -0.39 is 11.7 Å². The Labute approximate surface area is 103 Å². The minimum atomic E-state index is -4.45. The summed E-state index contributed by atoms with van der Waals surface area (Å²) in [6.45, 7) is 1.82. The molecule has 0 fully saturated rings. The van der Waals surface area contributed by atoms with Crippen LogP contribution in [0.2, 0.25) is 0 Å². The fourth-order valence-corrected chi connectivity index (χ4v) is 1.53. The molecule has 0 spiro atoms. The Hall–Kier alpha value is -1.50. The number of nitrogens with zero attached hydrogens (tertiary/aromatic N) is 1. The van der Waals surface area contributed by atoms with Gasteiger partial charge < -0.3 is 16.2 Å². The highest BCUT2D eigenvalue weighted by Gasteiger charge is 2.31. The van der Waals surface area contributed by atoms with Crippen LogP contribution in [0.15, 0.2) is 12.1 Å². The van der Waals surface area contributed by atoms with Gasteiger partial charge in [0, 0.05) is 12.6 Å². The number of nitrogens with one attached hydrogen (secondary N) is 1. The van der Waals surface area contributed by atoms with Crippen LogP contribution in [0.25, 0.3) is 0 Å². The standard InChI is InChI=1S/C11H16F3N3O/c1-2-8(3-4-18)16-10-6-7(11(12,13)14)5-9(15)17-10/h5-6,8,18H,2-4H2,1H3,(H3,15,16,17). The van der Waals surface area contributed by atoms with E-state index in [2.05, 4.69) is 10.3 Å². The number of nitrogens with two attached hydrogens (primary N) is 1. The van der Waals surface area contributed by atoms with E-state index in [-0.39, 0.29) is 24.3 Å². The van der Waals surface area contributed by atoms with Crippen LogP contribution in [-0.2, 0) is 6.18 Å². The van der Waals surface area contributed by atoms with E-state index in [1.54, 1.807) is 0 Å². The normalized spacial score (nSPS) is 13.4. The predicted octanol–water partition coefficient (Wildman–Crippen LogP) is 2.26. The number of pyridine rings is 1. The number of alkyl halides is 3. The Kier molecular flexibility index (Phi) is 4.77. The van der Waals surface area contributed by atoms with E-state index in [1.165, 1.54) is 0 Å². The number of aliphatic hydroxyl groups is 1. The molecule has 1 unspecified atom stereocenters. The molecule has 1 heterocycles. The van der Waals surface area contributed by atoms with Crippen molar-refractivity contribution in [1.29, 1.82) is 0 Å². The molecule has 1 aromatic heterocycles. The van der Waals surface area contributed by atoms with Crippen molar-refractivity contribution in [3.63, 3.8) is 0 Å². The van der Waals surface area contributed by atoms with Crippen LogP contribution >= 0.6 is 0 Å². The van der Waals surface area contributed by atoms with E-state index in [0.717, 1.165) is 12.1 Å². The first-order valence-electron chi connectivity index (χ1n) is 5.59. The predicted molar refractivity (Wildman–Crippen MR) is 63.1 cm³/mol. The number of hydrogen-bond donors (Lipinski definition) is 3. The molecule has 0 radical (unpaired) electrons. The van der Waals surface area contributed by atoms with Gasteiger partial charge in [0.1, 0.15) is 11.6 Å². The van der Waals surface area contributed by atoms with Gasteiger partial charge in [0.2, 0.25) is 0 Å². The second kappa shape index (κ2) is 5.90. The van der Waals surface area contributed by atoms with Crippen LogP contribution in [0.4, 0.5) is 24.8 Å². The van der Waals surface area contributed by atoms with E-state index in [0.29, 0.717) is 12.8 Å². The summed E-state index contributed by atoms with van der Waals surface area (Å²) in [5, 5.41) is 11.7. The molecule has 1 aromatic rings. The van der Waals surface area contributed by atoms with Gasteiger partial charge >= 0.3 is 6.18 Å². The minimum absolute atomic E-state index is 0.0417. The molecule has 0 saturated heterocycles. The molecule has 0 aliphatic heterocycles. The van der Waals surface area contributed by atoms with Gasteiger partial charge in [-0.25, -0.2) is 4.98 Å². The fraction of sp³-hybridized carbons (Fsp3) is 0.545. The van der Waals surface area contributed by atoms with Gasteiger partial charge in [0.05, 0.1) is 5.56 Å². The first-order valence-corrected chi connectivity index (χ1v) is 5.59. The average molecular weight is 263 g/mol. The van der Waals surface area contributed by atoms with Crippen molar-refractivity contribution in [2.24, 2.45) is 0 Å². The molecule has 4 nitrogen and oxygen atoms in total. The van der Waals surface area contributed by atoms with Crippen LogP contribution in [0.1, 0.15) is 25.3 Å². The lowest BCUT2D eigenvalue weighted by molar-refractivity contribution is -0.137. The van der Waals surface area contributed by atoms with Gasteiger partial charge in [-0.2, -0.15) is 13.2 Å². The number of halogens is 3. The van der Waals surface area contributed by atoms with Gasteiger partial charge in [-0.1, -0.05) is 6.92 Å². The Bertz CT molecular complexity index is 396. The topological polar surface area (TPSA) is 71.2 Å². The second-order valence-corrected chi connectivity index (χ2v) is 3.93. The first kappa shape index (κ1) is 14.6. The second-order valence-electron chi connectivity index (χ2n) is 3.93. The van der Waals surface area contributed by atoms with Crippen LogP contribution in [0.3, 0.4) is 0 Å². The van der Waals surface area contributed by atoms with Crippen LogP contribution in [0, 0.1) is 0 Å². The molecular formula is C11H16F3N3O. The fourth-order valence-electron chi connectivity index (χ4n) is 1.53. The number of anilines is 2. The van der Waals surface area contributed by atoms with E-state index >= 15 is 0 Å². The monoisotopic (exact) mass is 263 g/mol. The van der Waals surface area contributed by atoms with Crippen molar-refractivity contribution in [3.05, 3.63) is 17.7 Å². The summed E-state index contributed by atoms with van der Waals surface area (Å²) in [5.41, 5.74) is 4.51. The van der Waals surface area contributed by atoms with Gasteiger partial charge in [0.25, 0.3) is 0 Å². The van der Waals surface area contributed by atoms with E-state index in [4.69, 9.17) is 10.8 Å². The molecule has 1 rings (SSSR count). The van der Waals surface area contributed by atoms with Crippen molar-refractivity contribution < 1.29 is 18.3 Å². The summed E-state index contributed by atoms with van der Waals surface area (Å²) in [6.07, 6.45) is -3.35. The van der Waals surface area contributed by atoms with Crippen molar-refractivity contribution in [3.8, 4) is 0 Å². The SMILES string of the molecule is CCC(CCO)Nc1cc(C(F)(F)F)cc(N)n1. The van der Waals surface area contributed by atoms with Gasteiger partial charge in [-0.15, -0.1) is 0 Å². The molecule has 0 bridgehead atoms. The number of hydrogen-bond acceptors (Lipinski definition) is 4. The largest absolute Gasteiger partial charge is 0.416 e. The third-order valence-electron chi connectivity index (χ3n) is 2.49. The van der Waals surface area contributed by atoms with Crippen LogP contribution in [0.5, 0.6) is 0 Å². The van der Waals surface area contributed by atoms with Crippen molar-refractivity contribution in [2.45, 2.75) is 32.0 Å². The molecule has 0 aliphatic rings. The van der Waals surface area contributed by atoms with Crippen molar-refractivity contribution >= 4 is 11.6 Å². The van der Waals surface area contributed by atoms with Gasteiger partial charge in [0.15, 0.2) is 0 Å². The quantitative estimate of drug-likeness (QED) is 0.762. The molecular weight excluding hydrogens is 247 g/mol. The highest BCUT2D eigenvalue weighted by Crippen LogP contribution is 2.31. The average Bonchev–Trinajstić information content (AvgIpc) is 2.26. The van der Waals surface area contributed by atoms with Gasteiger partial charge in [-0.05, 0) is 25.0 Å². The summed E-state index contributed by atoms with van der Waals surface area (Å²) in [4.78, 5) is 3.80. The van der Waals surface area contributed by atoms with Gasteiger partial charge in [-0.3, -0.25) is 0 Å². The molecule has 1 atom stereocenters. The smallest absolute Gasteiger partial charge is 0.396 e. The highest BCUT2D eigenvalue weighted by molar-refractivity contribution is 5.47. The summed E-state index contributed by atoms with van der Waals surface area (Å²) in [6, 6.07) is 1.57. The Morgan fingerprint density at radius 1 is 1.44 bits per heavy atom. The van der Waals surface area contributed by atoms with E-state index in [1.807, 2.05) is 6.92 Å². The molecule has 0 aromatic carbocycles. The maximum Gasteiger partial charge on any atom is 0.416 e. The van der Waals surface area contributed by atoms with Crippen molar-refractivity contribution in [1.82, 2.24) is 4.98 Å². The number of rotatable bonds is 5. The molecule has 0 saturated carbocycles. The summed E-state index contributed by atoms with van der Waals surface area (Å²) in [5.74, 6) is -0.117. The molecule has 18 heavy (non-hydrogen) atoms. The van der Waals surface area contributed by atoms with Crippen molar-refractivity contribution in [2.75, 3.05) is 17.7 Å². The Balaban J connectivity index is 2.92. The number of nitrogen functional groups attached to an aromatic ring is 1. The Morgan fingerprint density at radius 2 is 2.11 bits per heavy atom. The molecule has 0 amide bonds. The zero-order valence-corrected chi connectivity index (χ0v) is 9.96. The lowest BCUT2D eigenvalue weighted by Crippen LogP contribution is -2.21. The first-order chi connectivity index (χ1) is 8.36. The lowest BCUT2D eigenvalue weighted by Gasteiger charge is -2.17.